The molecular weight excluding hydrogens is 229 g/mol. The molecule has 1 aliphatic rings. The van der Waals surface area contributed by atoms with Crippen molar-refractivity contribution in [2.45, 2.75) is 45.1 Å². The molecule has 2 nitrogen and oxygen atoms in total. The number of amides is 1. The molecule has 1 saturated heterocycles. The number of nitrogens with zero attached hydrogens (tertiary/aromatic N) is 1. The van der Waals surface area contributed by atoms with Gasteiger partial charge in [-0.15, -0.1) is 0 Å². The number of hydrogen-bond acceptors (Lipinski definition) is 1. The Bertz CT molecular complexity index is 399. The van der Waals surface area contributed by atoms with Crippen LogP contribution in [0.25, 0.3) is 0 Å². The van der Waals surface area contributed by atoms with Crippen molar-refractivity contribution < 1.29 is 9.18 Å². The van der Waals surface area contributed by atoms with E-state index in [2.05, 4.69) is 6.92 Å². The fraction of sp³-hybridized carbons (Fsp3) is 0.533. The Morgan fingerprint density at radius 1 is 1.33 bits per heavy atom. The van der Waals surface area contributed by atoms with Gasteiger partial charge in [0.05, 0.1) is 0 Å². The van der Waals surface area contributed by atoms with E-state index in [9.17, 15) is 9.18 Å². The van der Waals surface area contributed by atoms with Gasteiger partial charge < -0.3 is 4.90 Å². The summed E-state index contributed by atoms with van der Waals surface area (Å²) in [4.78, 5) is 14.4. The summed E-state index contributed by atoms with van der Waals surface area (Å²) in [5, 5.41) is 0. The van der Waals surface area contributed by atoms with E-state index < -0.39 is 0 Å². The van der Waals surface area contributed by atoms with Crippen LogP contribution in [0.3, 0.4) is 0 Å². The normalized spacial score (nSPS) is 19.9. The van der Waals surface area contributed by atoms with E-state index in [1.807, 2.05) is 4.90 Å². The number of benzene rings is 1. The second kappa shape index (κ2) is 5.98. The average Bonchev–Trinajstić information content (AvgIpc) is 2.40. The molecule has 1 atom stereocenters. The smallest absolute Gasteiger partial charge is 0.254 e. The van der Waals surface area contributed by atoms with Crippen molar-refractivity contribution in [3.63, 3.8) is 0 Å². The molecule has 0 aromatic heterocycles. The summed E-state index contributed by atoms with van der Waals surface area (Å²) >= 11 is 0. The molecule has 3 heteroatoms. The van der Waals surface area contributed by atoms with Gasteiger partial charge in [0.15, 0.2) is 0 Å². The zero-order valence-corrected chi connectivity index (χ0v) is 10.9. The lowest BCUT2D eigenvalue weighted by molar-refractivity contribution is 0.0600. The van der Waals surface area contributed by atoms with Gasteiger partial charge in [0.1, 0.15) is 5.82 Å². The molecule has 1 aromatic carbocycles. The monoisotopic (exact) mass is 249 g/mol. The first-order valence-electron chi connectivity index (χ1n) is 6.79. The van der Waals surface area contributed by atoms with Crippen LogP contribution in [-0.4, -0.2) is 23.4 Å². The molecule has 1 aliphatic heterocycles. The molecule has 0 saturated carbocycles. The van der Waals surface area contributed by atoms with Gasteiger partial charge in [-0.3, -0.25) is 4.79 Å². The molecule has 0 N–H and O–H groups in total. The van der Waals surface area contributed by atoms with Crippen molar-refractivity contribution in [2.24, 2.45) is 0 Å². The van der Waals surface area contributed by atoms with Crippen molar-refractivity contribution in [3.8, 4) is 0 Å². The van der Waals surface area contributed by atoms with Gasteiger partial charge >= 0.3 is 0 Å². The maximum absolute atomic E-state index is 12.9. The predicted molar refractivity (Wildman–Crippen MR) is 70.0 cm³/mol. The number of rotatable bonds is 3. The summed E-state index contributed by atoms with van der Waals surface area (Å²) in [6.07, 6.45) is 5.54. The van der Waals surface area contributed by atoms with E-state index in [0.29, 0.717) is 11.6 Å². The lowest BCUT2D eigenvalue weighted by Gasteiger charge is -2.35. The van der Waals surface area contributed by atoms with Crippen LogP contribution >= 0.6 is 0 Å². The highest BCUT2D eigenvalue weighted by atomic mass is 19.1. The van der Waals surface area contributed by atoms with E-state index in [1.54, 1.807) is 12.1 Å². The number of carbonyl (C=O) groups excluding carboxylic acids is 1. The Balaban J connectivity index is 2.12. The third-order valence-corrected chi connectivity index (χ3v) is 3.60. The van der Waals surface area contributed by atoms with Crippen LogP contribution in [0.5, 0.6) is 0 Å². The van der Waals surface area contributed by atoms with Crippen LogP contribution in [0.2, 0.25) is 0 Å². The first kappa shape index (κ1) is 13.1. The van der Waals surface area contributed by atoms with Crippen LogP contribution in [0.15, 0.2) is 24.3 Å². The van der Waals surface area contributed by atoms with Crippen molar-refractivity contribution >= 4 is 5.91 Å². The van der Waals surface area contributed by atoms with E-state index >= 15 is 0 Å². The SMILES string of the molecule is CCCC1CCCCN1C(=O)c1ccc(F)cc1. The third-order valence-electron chi connectivity index (χ3n) is 3.60. The number of halogens is 1. The second-order valence-corrected chi connectivity index (χ2v) is 4.94. The van der Waals surface area contributed by atoms with Gasteiger partial charge in [-0.1, -0.05) is 13.3 Å². The van der Waals surface area contributed by atoms with Crippen LogP contribution < -0.4 is 0 Å². The summed E-state index contributed by atoms with van der Waals surface area (Å²) in [7, 11) is 0. The molecule has 0 bridgehead atoms. The van der Waals surface area contributed by atoms with Gasteiger partial charge in [0.2, 0.25) is 0 Å². The first-order chi connectivity index (χ1) is 8.72. The Kier molecular flexibility index (Phi) is 4.34. The highest BCUT2D eigenvalue weighted by Gasteiger charge is 2.26. The summed E-state index contributed by atoms with van der Waals surface area (Å²) in [5.41, 5.74) is 0.597. The molecule has 0 spiro atoms. The fourth-order valence-corrected chi connectivity index (χ4v) is 2.66. The predicted octanol–water partition coefficient (Wildman–Crippen LogP) is 3.62. The standard InChI is InChI=1S/C15H20FNO/c1-2-5-14-6-3-4-11-17(14)15(18)12-7-9-13(16)10-8-12/h7-10,14H,2-6,11H2,1H3. The Morgan fingerprint density at radius 3 is 2.72 bits per heavy atom. The van der Waals surface area contributed by atoms with Crippen LogP contribution in [0, 0.1) is 5.82 Å². The quantitative estimate of drug-likeness (QED) is 0.801. The van der Waals surface area contributed by atoms with Gasteiger partial charge in [-0.2, -0.15) is 0 Å². The van der Waals surface area contributed by atoms with E-state index in [-0.39, 0.29) is 11.7 Å². The second-order valence-electron chi connectivity index (χ2n) is 4.94. The number of carbonyl (C=O) groups is 1. The van der Waals surface area contributed by atoms with Gasteiger partial charge in [0, 0.05) is 18.2 Å². The summed E-state index contributed by atoms with van der Waals surface area (Å²) in [5.74, 6) is -0.247. The average molecular weight is 249 g/mol. The molecule has 1 aromatic rings. The Hall–Kier alpha value is -1.38. The third kappa shape index (κ3) is 2.89. The van der Waals surface area contributed by atoms with Crippen LogP contribution in [0.1, 0.15) is 49.4 Å². The molecule has 0 aliphatic carbocycles. The maximum atomic E-state index is 12.9. The van der Waals surface area contributed by atoms with Gasteiger partial charge in [-0.05, 0) is 49.9 Å². The summed E-state index contributed by atoms with van der Waals surface area (Å²) in [6, 6.07) is 6.23. The first-order valence-corrected chi connectivity index (χ1v) is 6.79. The van der Waals surface area contributed by atoms with E-state index in [1.165, 1.54) is 18.6 Å². The molecule has 2 rings (SSSR count). The van der Waals surface area contributed by atoms with Crippen molar-refractivity contribution in [3.05, 3.63) is 35.6 Å². The van der Waals surface area contributed by atoms with Gasteiger partial charge in [-0.25, -0.2) is 4.39 Å². The van der Waals surface area contributed by atoms with Crippen LogP contribution in [0.4, 0.5) is 4.39 Å². The van der Waals surface area contributed by atoms with Crippen molar-refractivity contribution in [2.75, 3.05) is 6.54 Å². The number of hydrogen-bond donors (Lipinski definition) is 0. The number of likely N-dealkylation sites (tertiary alicyclic amines) is 1. The minimum absolute atomic E-state index is 0.0492. The highest BCUT2D eigenvalue weighted by Crippen LogP contribution is 2.23. The van der Waals surface area contributed by atoms with Gasteiger partial charge in [0.25, 0.3) is 5.91 Å². The molecular formula is C15H20FNO. The lowest BCUT2D eigenvalue weighted by Crippen LogP contribution is -2.43. The number of piperidine rings is 1. The fourth-order valence-electron chi connectivity index (χ4n) is 2.66. The van der Waals surface area contributed by atoms with Crippen LogP contribution in [-0.2, 0) is 0 Å². The zero-order valence-electron chi connectivity index (χ0n) is 10.9. The highest BCUT2D eigenvalue weighted by molar-refractivity contribution is 5.94. The maximum Gasteiger partial charge on any atom is 0.254 e. The van der Waals surface area contributed by atoms with Crippen molar-refractivity contribution in [1.82, 2.24) is 4.90 Å². The topological polar surface area (TPSA) is 20.3 Å². The Morgan fingerprint density at radius 2 is 2.06 bits per heavy atom. The molecule has 1 amide bonds. The Labute approximate surface area is 108 Å². The molecule has 18 heavy (non-hydrogen) atoms. The minimum Gasteiger partial charge on any atom is -0.336 e. The van der Waals surface area contributed by atoms with E-state index in [0.717, 1.165) is 32.2 Å². The summed E-state index contributed by atoms with van der Waals surface area (Å²) in [6.45, 7) is 2.98. The van der Waals surface area contributed by atoms with E-state index in [4.69, 9.17) is 0 Å². The molecule has 0 radical (unpaired) electrons. The summed E-state index contributed by atoms with van der Waals surface area (Å²) < 4.78 is 12.9. The zero-order chi connectivity index (χ0) is 13.0. The molecule has 1 heterocycles. The largest absolute Gasteiger partial charge is 0.336 e. The lowest BCUT2D eigenvalue weighted by atomic mass is 9.97. The van der Waals surface area contributed by atoms with Crippen molar-refractivity contribution in [1.29, 1.82) is 0 Å². The molecule has 98 valence electrons. The molecule has 1 unspecified atom stereocenters. The molecule has 1 fully saturated rings. The minimum atomic E-state index is -0.296.